The molecule has 1 aliphatic rings. The number of aromatic nitrogens is 2. The topological polar surface area (TPSA) is 225 Å². The lowest BCUT2D eigenvalue weighted by atomic mass is 10.1. The molecule has 0 bridgehead atoms. The van der Waals surface area contributed by atoms with Gasteiger partial charge in [0.15, 0.2) is 11.8 Å². The molecule has 46 heavy (non-hydrogen) atoms. The lowest BCUT2D eigenvalue weighted by Gasteiger charge is -2.25. The number of nitrogens with two attached hydrogens (primary N) is 1. The van der Waals surface area contributed by atoms with E-state index < -0.39 is 80.1 Å². The summed E-state index contributed by atoms with van der Waals surface area (Å²) in [5.41, 5.74) is 4.59. The minimum absolute atomic E-state index is 0.0221. The highest BCUT2D eigenvalue weighted by atomic mass is 31.2. The van der Waals surface area contributed by atoms with Crippen molar-refractivity contribution in [2.24, 2.45) is 17.6 Å². The first kappa shape index (κ1) is 36.4. The van der Waals surface area contributed by atoms with Crippen LogP contribution >= 0.6 is 7.75 Å². The van der Waals surface area contributed by atoms with Crippen molar-refractivity contribution in [1.82, 2.24) is 14.6 Å². The lowest BCUT2D eigenvalue weighted by molar-refractivity contribution is -0.152. The summed E-state index contributed by atoms with van der Waals surface area (Å²) in [7, 11) is -4.64. The van der Waals surface area contributed by atoms with Gasteiger partial charge < -0.3 is 29.6 Å². The monoisotopic (exact) mass is 666 g/mol. The fourth-order valence-electron chi connectivity index (χ4n) is 3.94. The standard InChI is InChI=1S/C29H39N4O12P/c1-17(2)10-12-41-22(34)14-20(29(39)42-13-11-18(3)4)32-46(40,45-19-8-6-5-7-9-19)43-15-21-24(35)25(36)28(44-21)33-16-31-23(26(30)37)27(33)38/h5-9,16-18,20-21,28,38H,10-15H2,1-4H3,(H2,30,37)(H,32,40)/t20-,21+,28+,46?/m0/s1. The van der Waals surface area contributed by atoms with Crippen molar-refractivity contribution < 1.29 is 56.9 Å². The van der Waals surface area contributed by atoms with Crippen molar-refractivity contribution in [2.75, 3.05) is 19.8 Å². The van der Waals surface area contributed by atoms with Gasteiger partial charge in [-0.15, -0.1) is 0 Å². The van der Waals surface area contributed by atoms with E-state index in [0.29, 0.717) is 12.8 Å². The minimum atomic E-state index is -4.64. The van der Waals surface area contributed by atoms with E-state index in [4.69, 9.17) is 29.0 Å². The maximum Gasteiger partial charge on any atom is 0.459 e. The average Bonchev–Trinajstić information content (AvgIpc) is 3.50. The van der Waals surface area contributed by atoms with Crippen molar-refractivity contribution in [1.29, 1.82) is 0 Å². The molecule has 16 nitrogen and oxygen atoms in total. The molecule has 0 radical (unpaired) electrons. The van der Waals surface area contributed by atoms with Crippen molar-refractivity contribution in [3.8, 4) is 11.6 Å². The number of hydrogen-bond acceptors (Lipinski definition) is 13. The molecule has 0 aliphatic carbocycles. The van der Waals surface area contributed by atoms with E-state index in [1.54, 1.807) is 18.2 Å². The smallest absolute Gasteiger partial charge is 0.459 e. The Morgan fingerprint density at radius 3 is 2.26 bits per heavy atom. The van der Waals surface area contributed by atoms with Crippen LogP contribution in [0, 0.1) is 11.8 Å². The summed E-state index contributed by atoms with van der Waals surface area (Å²) in [6.45, 7) is 7.05. The zero-order valence-corrected chi connectivity index (χ0v) is 26.8. The van der Waals surface area contributed by atoms with Crippen LogP contribution < -0.4 is 15.3 Å². The lowest BCUT2D eigenvalue weighted by Crippen LogP contribution is -2.40. The number of para-hydroxylation sites is 1. The number of benzene rings is 1. The van der Waals surface area contributed by atoms with Crippen molar-refractivity contribution >= 4 is 37.2 Å². The fraction of sp³-hybridized carbons (Fsp3) is 0.517. The van der Waals surface area contributed by atoms with E-state index in [-0.39, 0.29) is 30.8 Å². The molecule has 1 aromatic heterocycles. The van der Waals surface area contributed by atoms with Gasteiger partial charge in [0.1, 0.15) is 18.1 Å². The van der Waals surface area contributed by atoms with Crippen LogP contribution in [0.15, 0.2) is 36.7 Å². The van der Waals surface area contributed by atoms with Gasteiger partial charge in [0.05, 0.1) is 26.2 Å². The maximum absolute atomic E-state index is 14.1. The number of ether oxygens (including phenoxy) is 3. The number of rotatable bonds is 18. The number of amides is 1. The molecule has 1 unspecified atom stereocenters. The Morgan fingerprint density at radius 1 is 1.04 bits per heavy atom. The third kappa shape index (κ3) is 10.2. The summed E-state index contributed by atoms with van der Waals surface area (Å²) in [4.78, 5) is 66.3. The molecule has 4 atom stereocenters. The van der Waals surface area contributed by atoms with Gasteiger partial charge >= 0.3 is 19.7 Å². The third-order valence-electron chi connectivity index (χ3n) is 6.54. The van der Waals surface area contributed by atoms with Crippen molar-refractivity contribution in [2.45, 2.75) is 65.3 Å². The summed E-state index contributed by atoms with van der Waals surface area (Å²) in [6.07, 6.45) is -1.98. The molecule has 1 saturated heterocycles. The molecule has 0 saturated carbocycles. The summed E-state index contributed by atoms with van der Waals surface area (Å²) < 4.78 is 42.0. The number of imidazole rings is 1. The Kier molecular flexibility index (Phi) is 13.0. The number of aromatic hydroxyl groups is 1. The number of nitrogens with one attached hydrogen (secondary N) is 1. The highest BCUT2D eigenvalue weighted by molar-refractivity contribution is 7.52. The SMILES string of the molecule is CC(C)CCOC(=O)C[C@H](NP(=O)(OC[C@H]1O[C@@H](n2cnc(C(N)=O)c2O)C(=O)C1=O)Oc1ccccc1)C(=O)OCCC(C)C. The van der Waals surface area contributed by atoms with Gasteiger partial charge in [0.2, 0.25) is 17.9 Å². The van der Waals surface area contributed by atoms with E-state index in [1.807, 2.05) is 27.7 Å². The number of nitrogens with zero attached hydrogens (tertiary/aromatic N) is 2. The van der Waals surface area contributed by atoms with Crippen LogP contribution in [0.1, 0.15) is 63.7 Å². The number of esters is 2. The molecule has 252 valence electrons. The van der Waals surface area contributed by atoms with Crippen LogP contribution in [0.3, 0.4) is 0 Å². The summed E-state index contributed by atoms with van der Waals surface area (Å²) in [5.74, 6) is -5.32. The largest absolute Gasteiger partial charge is 0.493 e. The Morgan fingerprint density at radius 2 is 1.67 bits per heavy atom. The maximum atomic E-state index is 14.1. The third-order valence-corrected chi connectivity index (χ3v) is 8.11. The van der Waals surface area contributed by atoms with Gasteiger partial charge in [-0.2, -0.15) is 5.09 Å². The molecule has 17 heteroatoms. The molecule has 1 amide bonds. The fourth-order valence-corrected chi connectivity index (χ4v) is 5.43. The van der Waals surface area contributed by atoms with Crippen LogP contribution in [0.5, 0.6) is 11.6 Å². The molecule has 1 fully saturated rings. The van der Waals surface area contributed by atoms with Crippen LogP contribution in [-0.2, 0) is 42.5 Å². The van der Waals surface area contributed by atoms with Gasteiger partial charge in [-0.1, -0.05) is 45.9 Å². The normalized spacial score (nSPS) is 18.4. The second-order valence-corrected chi connectivity index (χ2v) is 12.9. The Labute approximate surface area is 265 Å². The Balaban J connectivity index is 1.82. The second kappa shape index (κ2) is 16.5. The van der Waals surface area contributed by atoms with E-state index in [9.17, 15) is 33.6 Å². The molecule has 3 rings (SSSR count). The second-order valence-electron chi connectivity index (χ2n) is 11.2. The molecule has 4 N–H and O–H groups in total. The highest BCUT2D eigenvalue weighted by Gasteiger charge is 2.46. The van der Waals surface area contributed by atoms with Crippen LogP contribution in [0.25, 0.3) is 0 Å². The summed E-state index contributed by atoms with van der Waals surface area (Å²) in [5, 5.41) is 12.7. The van der Waals surface area contributed by atoms with Gasteiger partial charge in [0, 0.05) is 0 Å². The van der Waals surface area contributed by atoms with Crippen LogP contribution in [-0.4, -0.2) is 76.0 Å². The van der Waals surface area contributed by atoms with Crippen molar-refractivity contribution in [3.63, 3.8) is 0 Å². The summed E-state index contributed by atoms with van der Waals surface area (Å²) >= 11 is 0. The van der Waals surface area contributed by atoms with Gasteiger partial charge in [-0.3, -0.25) is 33.1 Å². The first-order valence-electron chi connectivity index (χ1n) is 14.6. The highest BCUT2D eigenvalue weighted by Crippen LogP contribution is 2.46. The predicted octanol–water partition coefficient (Wildman–Crippen LogP) is 2.45. The van der Waals surface area contributed by atoms with Crippen LogP contribution in [0.2, 0.25) is 0 Å². The average molecular weight is 667 g/mol. The molecule has 2 heterocycles. The molecular weight excluding hydrogens is 627 g/mol. The molecule has 0 spiro atoms. The molecular formula is C29H39N4O12P. The Hall–Kier alpha value is -4.11. The number of ketones is 2. The quantitative estimate of drug-likeness (QED) is 0.118. The first-order chi connectivity index (χ1) is 21.7. The zero-order valence-electron chi connectivity index (χ0n) is 26.0. The number of hydrogen-bond donors (Lipinski definition) is 3. The molecule has 1 aromatic carbocycles. The number of Topliss-reactive ketones (excluding diaryl/α,β-unsaturated/α-hetero) is 2. The van der Waals surface area contributed by atoms with Gasteiger partial charge in [-0.25, -0.2) is 9.55 Å². The summed E-state index contributed by atoms with van der Waals surface area (Å²) in [6, 6.07) is 6.16. The van der Waals surface area contributed by atoms with E-state index >= 15 is 0 Å². The van der Waals surface area contributed by atoms with Gasteiger partial charge in [-0.05, 0) is 36.8 Å². The zero-order chi connectivity index (χ0) is 34.0. The van der Waals surface area contributed by atoms with E-state index in [1.165, 1.54) is 12.1 Å². The minimum Gasteiger partial charge on any atom is -0.493 e. The molecule has 1 aliphatic heterocycles. The number of primary amides is 1. The van der Waals surface area contributed by atoms with Gasteiger partial charge in [0.25, 0.3) is 11.7 Å². The predicted molar refractivity (Wildman–Crippen MR) is 159 cm³/mol. The number of carbonyl (C=O) groups is 5. The molecule has 2 aromatic rings. The van der Waals surface area contributed by atoms with E-state index in [0.717, 1.165) is 10.9 Å². The van der Waals surface area contributed by atoms with E-state index in [2.05, 4.69) is 10.1 Å². The first-order valence-corrected chi connectivity index (χ1v) is 16.1. The van der Waals surface area contributed by atoms with Crippen LogP contribution in [0.4, 0.5) is 0 Å². The number of carbonyl (C=O) groups excluding carboxylic acids is 5. The Bertz CT molecular complexity index is 1440. The van der Waals surface area contributed by atoms with Crippen molar-refractivity contribution in [3.05, 3.63) is 42.4 Å².